The molecule has 2 aliphatic heterocycles. The summed E-state index contributed by atoms with van der Waals surface area (Å²) in [6.45, 7) is 1.87. The zero-order valence-electron chi connectivity index (χ0n) is 19.1. The van der Waals surface area contributed by atoms with Crippen LogP contribution in [0, 0.1) is 18.8 Å². The zero-order valence-corrected chi connectivity index (χ0v) is 19.1. The van der Waals surface area contributed by atoms with E-state index in [1.165, 1.54) is 7.11 Å². The number of hydrogen-bond acceptors (Lipinski definition) is 6. The molecular weight excluding hydrogens is 446 g/mol. The van der Waals surface area contributed by atoms with Gasteiger partial charge in [-0.1, -0.05) is 60.7 Å². The third-order valence-electron chi connectivity index (χ3n) is 7.34. The largest absolute Gasteiger partial charge is 0.495 e. The van der Waals surface area contributed by atoms with Crippen molar-refractivity contribution >= 4 is 29.1 Å². The van der Waals surface area contributed by atoms with Gasteiger partial charge in [-0.25, -0.2) is 4.90 Å². The molecule has 0 saturated carbocycles. The number of ether oxygens (including phenoxy) is 2. The third-order valence-corrected chi connectivity index (χ3v) is 7.34. The highest BCUT2D eigenvalue weighted by Gasteiger charge is 2.75. The lowest BCUT2D eigenvalue weighted by Gasteiger charge is -2.28. The number of ketones is 2. The summed E-state index contributed by atoms with van der Waals surface area (Å²) in [5.74, 6) is -4.32. The maximum absolute atomic E-state index is 14.0. The molecule has 3 aromatic carbocycles. The van der Waals surface area contributed by atoms with E-state index in [1.807, 2.05) is 19.1 Å². The zero-order chi connectivity index (χ0) is 24.5. The molecule has 2 saturated heterocycles. The van der Waals surface area contributed by atoms with Crippen LogP contribution in [-0.4, -0.2) is 36.1 Å². The van der Waals surface area contributed by atoms with Gasteiger partial charge in [-0.3, -0.25) is 19.2 Å². The molecule has 3 aromatic rings. The Bertz CT molecular complexity index is 1410. The summed E-state index contributed by atoms with van der Waals surface area (Å²) in [5, 5.41) is 0. The maximum atomic E-state index is 14.0. The molecule has 3 atom stereocenters. The number of carbonyl (C=O) groups is 4. The molecule has 1 spiro atoms. The summed E-state index contributed by atoms with van der Waals surface area (Å²) in [4.78, 5) is 56.6. The van der Waals surface area contributed by atoms with Crippen LogP contribution < -0.4 is 9.64 Å². The van der Waals surface area contributed by atoms with E-state index in [4.69, 9.17) is 9.47 Å². The lowest BCUT2D eigenvalue weighted by Crippen LogP contribution is -2.51. The quantitative estimate of drug-likeness (QED) is 0.431. The van der Waals surface area contributed by atoms with Gasteiger partial charge in [0.15, 0.2) is 0 Å². The molecule has 7 heteroatoms. The lowest BCUT2D eigenvalue weighted by atomic mass is 9.77. The normalized spacial score (nSPS) is 24.3. The van der Waals surface area contributed by atoms with E-state index in [1.54, 1.807) is 60.7 Å². The average molecular weight is 467 g/mol. The molecule has 7 nitrogen and oxygen atoms in total. The van der Waals surface area contributed by atoms with E-state index in [9.17, 15) is 19.2 Å². The van der Waals surface area contributed by atoms with Crippen LogP contribution in [0.2, 0.25) is 0 Å². The molecule has 35 heavy (non-hydrogen) atoms. The van der Waals surface area contributed by atoms with Gasteiger partial charge in [0.05, 0.1) is 30.7 Å². The molecule has 0 bridgehead atoms. The summed E-state index contributed by atoms with van der Waals surface area (Å²) >= 11 is 0. The van der Waals surface area contributed by atoms with Crippen molar-refractivity contribution in [2.45, 2.75) is 18.6 Å². The fraction of sp³-hybridized carbons (Fsp3) is 0.214. The van der Waals surface area contributed by atoms with Crippen molar-refractivity contribution in [1.29, 1.82) is 0 Å². The monoisotopic (exact) mass is 467 g/mol. The Morgan fingerprint density at radius 1 is 0.800 bits per heavy atom. The number of hydrogen-bond donors (Lipinski definition) is 0. The second-order valence-corrected chi connectivity index (χ2v) is 9.02. The molecule has 0 N–H and O–H groups in total. The third kappa shape index (κ3) is 2.64. The van der Waals surface area contributed by atoms with Gasteiger partial charge in [-0.2, -0.15) is 0 Å². The van der Waals surface area contributed by atoms with Crippen LogP contribution in [-0.2, 0) is 14.3 Å². The van der Waals surface area contributed by atoms with Crippen molar-refractivity contribution in [3.8, 4) is 5.75 Å². The van der Waals surface area contributed by atoms with Crippen LogP contribution in [0.5, 0.6) is 5.75 Å². The fourth-order valence-electron chi connectivity index (χ4n) is 5.76. The highest BCUT2D eigenvalue weighted by Crippen LogP contribution is 2.58. The van der Waals surface area contributed by atoms with Gasteiger partial charge in [0.1, 0.15) is 5.75 Å². The summed E-state index contributed by atoms with van der Waals surface area (Å²) in [5.41, 5.74) is 0.0904. The summed E-state index contributed by atoms with van der Waals surface area (Å²) in [6.07, 6.45) is -0.945. The first-order chi connectivity index (χ1) is 16.9. The van der Waals surface area contributed by atoms with Crippen LogP contribution in [0.15, 0.2) is 72.8 Å². The second-order valence-electron chi connectivity index (χ2n) is 9.02. The minimum atomic E-state index is -2.09. The number of amides is 2. The molecule has 2 amide bonds. The fourth-order valence-corrected chi connectivity index (χ4v) is 5.76. The van der Waals surface area contributed by atoms with E-state index in [-0.39, 0.29) is 16.8 Å². The van der Waals surface area contributed by atoms with Gasteiger partial charge in [-0.05, 0) is 30.2 Å². The number of rotatable bonds is 3. The second kappa shape index (κ2) is 7.45. The Morgan fingerprint density at radius 2 is 1.40 bits per heavy atom. The van der Waals surface area contributed by atoms with Crippen molar-refractivity contribution in [2.24, 2.45) is 11.8 Å². The number of carbonyl (C=O) groups excluding carboxylic acids is 4. The maximum Gasteiger partial charge on any atom is 0.241 e. The number of nitrogens with zero attached hydrogens (tertiary/aromatic N) is 1. The van der Waals surface area contributed by atoms with Gasteiger partial charge < -0.3 is 9.47 Å². The molecule has 1 aliphatic carbocycles. The minimum Gasteiger partial charge on any atom is -0.495 e. The first-order valence-corrected chi connectivity index (χ1v) is 11.3. The molecular formula is C28H21NO6. The highest BCUT2D eigenvalue weighted by atomic mass is 16.5. The molecule has 0 radical (unpaired) electrons. The Kier molecular flexibility index (Phi) is 4.56. The number of Topliss-reactive ketones (excluding diaryl/α,β-unsaturated/α-hetero) is 2. The number of para-hydroxylation sites is 2. The van der Waals surface area contributed by atoms with Crippen LogP contribution in [0.1, 0.15) is 37.9 Å². The standard InChI is InChI=1S/C28H21NO6/c1-15-9-3-4-10-16(15)23-21-22(27(33)29(26(21)32)19-13-7-8-14-20(19)34-2)28(35-23)24(30)17-11-5-6-12-18(17)25(28)31/h3-14,21-23H,1-2H3/t21-,22+,23+/m0/s1. The van der Waals surface area contributed by atoms with Crippen molar-refractivity contribution in [2.75, 3.05) is 12.0 Å². The molecule has 2 fully saturated rings. The summed E-state index contributed by atoms with van der Waals surface area (Å²) in [6, 6.07) is 20.5. The molecule has 0 unspecified atom stereocenters. The van der Waals surface area contributed by atoms with Crippen LogP contribution in [0.4, 0.5) is 5.69 Å². The first-order valence-electron chi connectivity index (χ1n) is 11.3. The molecule has 174 valence electrons. The lowest BCUT2D eigenvalue weighted by molar-refractivity contribution is -0.127. The SMILES string of the molecule is COc1ccccc1N1C(=O)[C@@H]2[C@@H](c3ccccc3C)OC3(C(=O)c4ccccc4C3=O)[C@H]2C1=O. The Labute approximate surface area is 201 Å². The molecule has 2 heterocycles. The summed E-state index contributed by atoms with van der Waals surface area (Å²) < 4.78 is 11.7. The van der Waals surface area contributed by atoms with Crippen LogP contribution in [0.25, 0.3) is 0 Å². The molecule has 6 rings (SSSR count). The topological polar surface area (TPSA) is 90.0 Å². The van der Waals surface area contributed by atoms with Crippen molar-refractivity contribution in [3.63, 3.8) is 0 Å². The summed E-state index contributed by atoms with van der Waals surface area (Å²) in [7, 11) is 1.45. The predicted octanol–water partition coefficient (Wildman–Crippen LogP) is 3.70. The molecule has 0 aromatic heterocycles. The Balaban J connectivity index is 1.57. The number of aryl methyl sites for hydroxylation is 1. The van der Waals surface area contributed by atoms with Crippen LogP contribution in [0.3, 0.4) is 0 Å². The number of anilines is 1. The minimum absolute atomic E-state index is 0.206. The predicted molar refractivity (Wildman–Crippen MR) is 125 cm³/mol. The number of imide groups is 1. The van der Waals surface area contributed by atoms with Crippen molar-refractivity contribution in [3.05, 3.63) is 95.1 Å². The van der Waals surface area contributed by atoms with E-state index in [2.05, 4.69) is 0 Å². The van der Waals surface area contributed by atoms with E-state index in [0.29, 0.717) is 11.3 Å². The van der Waals surface area contributed by atoms with Gasteiger partial charge in [0, 0.05) is 11.1 Å². The number of fused-ring (bicyclic) bond motifs is 3. The number of methoxy groups -OCH3 is 1. The highest BCUT2D eigenvalue weighted by molar-refractivity contribution is 6.37. The Morgan fingerprint density at radius 3 is 2.06 bits per heavy atom. The van der Waals surface area contributed by atoms with Gasteiger partial charge in [0.25, 0.3) is 0 Å². The number of benzene rings is 3. The van der Waals surface area contributed by atoms with Gasteiger partial charge >= 0.3 is 0 Å². The van der Waals surface area contributed by atoms with Crippen molar-refractivity contribution in [1.82, 2.24) is 0 Å². The Hall–Kier alpha value is -4.10. The van der Waals surface area contributed by atoms with Crippen LogP contribution >= 0.6 is 0 Å². The van der Waals surface area contributed by atoms with E-state index in [0.717, 1.165) is 10.5 Å². The molecule has 3 aliphatic rings. The van der Waals surface area contributed by atoms with E-state index < -0.39 is 46.9 Å². The van der Waals surface area contributed by atoms with E-state index >= 15 is 0 Å². The van der Waals surface area contributed by atoms with Gasteiger partial charge in [0.2, 0.25) is 29.0 Å². The average Bonchev–Trinajstić information content (AvgIpc) is 3.44. The smallest absolute Gasteiger partial charge is 0.241 e. The first kappa shape index (κ1) is 21.4. The van der Waals surface area contributed by atoms with Gasteiger partial charge in [-0.15, -0.1) is 0 Å². The van der Waals surface area contributed by atoms with Crippen molar-refractivity contribution < 1.29 is 28.7 Å².